The summed E-state index contributed by atoms with van der Waals surface area (Å²) < 4.78 is 2.73. The Hall–Kier alpha value is -0.980. The molecule has 1 N–H and O–H groups in total. The van der Waals surface area contributed by atoms with Crippen LogP contribution in [-0.2, 0) is 13.1 Å². The smallest absolute Gasteiger partial charge is 0.253 e. The van der Waals surface area contributed by atoms with Crippen LogP contribution in [0.3, 0.4) is 0 Å². The van der Waals surface area contributed by atoms with Crippen molar-refractivity contribution in [3.05, 3.63) is 49.2 Å². The minimum atomic E-state index is 0.00293. The Labute approximate surface area is 118 Å². The lowest BCUT2D eigenvalue weighted by Gasteiger charge is -2.06. The summed E-state index contributed by atoms with van der Waals surface area (Å²) in [5, 5.41) is 5.37. The Morgan fingerprint density at radius 2 is 2.33 bits per heavy atom. The summed E-state index contributed by atoms with van der Waals surface area (Å²) in [7, 11) is 0. The van der Waals surface area contributed by atoms with Gasteiger partial charge in [-0.15, -0.1) is 11.3 Å². The number of halogens is 1. The maximum atomic E-state index is 11.6. The minimum absolute atomic E-state index is 0.00293. The van der Waals surface area contributed by atoms with E-state index < -0.39 is 0 Å². The van der Waals surface area contributed by atoms with E-state index in [0.717, 1.165) is 23.3 Å². The maximum absolute atomic E-state index is 11.6. The molecule has 0 radical (unpaired) electrons. The lowest BCUT2D eigenvalue weighted by Crippen LogP contribution is -2.26. The van der Waals surface area contributed by atoms with Gasteiger partial charge in [-0.2, -0.15) is 0 Å². The molecule has 2 rings (SSSR count). The Morgan fingerprint density at radius 3 is 3.00 bits per heavy atom. The van der Waals surface area contributed by atoms with Gasteiger partial charge in [-0.05, 0) is 28.9 Å². The molecule has 2 aromatic heterocycles. The molecular weight excluding hydrogens is 314 g/mol. The predicted molar refractivity (Wildman–Crippen MR) is 77.0 cm³/mol. The molecular formula is C12H14BrN3OS. The molecule has 0 fully saturated rings. The maximum Gasteiger partial charge on any atom is 0.253 e. The predicted octanol–water partition coefficient (Wildman–Crippen LogP) is 2.17. The van der Waals surface area contributed by atoms with Crippen molar-refractivity contribution in [2.24, 2.45) is 0 Å². The van der Waals surface area contributed by atoms with Crippen LogP contribution in [0.1, 0.15) is 10.6 Å². The highest BCUT2D eigenvalue weighted by molar-refractivity contribution is 9.10. The van der Waals surface area contributed by atoms with Crippen LogP contribution < -0.4 is 10.9 Å². The van der Waals surface area contributed by atoms with E-state index >= 15 is 0 Å². The van der Waals surface area contributed by atoms with E-state index in [1.54, 1.807) is 28.3 Å². The Morgan fingerprint density at radius 1 is 1.50 bits per heavy atom. The Balaban J connectivity index is 1.80. The first kappa shape index (κ1) is 13.5. The number of nitrogens with zero attached hydrogens (tertiary/aromatic N) is 2. The standard InChI is InChI=1S/C12H14BrN3OS/c1-9-4-12(17)16(8-15-9)3-2-14-6-11-5-10(13)7-18-11/h4-5,7-8,14H,2-3,6H2,1H3. The van der Waals surface area contributed by atoms with Gasteiger partial charge in [0.15, 0.2) is 0 Å². The fraction of sp³-hybridized carbons (Fsp3) is 0.333. The van der Waals surface area contributed by atoms with Crippen LogP contribution >= 0.6 is 27.3 Å². The number of hydrogen-bond acceptors (Lipinski definition) is 4. The molecule has 0 aliphatic carbocycles. The van der Waals surface area contributed by atoms with Gasteiger partial charge in [-0.1, -0.05) is 0 Å². The van der Waals surface area contributed by atoms with Gasteiger partial charge in [-0.25, -0.2) is 4.98 Å². The summed E-state index contributed by atoms with van der Waals surface area (Å²) in [6, 6.07) is 3.65. The first-order valence-electron chi connectivity index (χ1n) is 5.62. The molecule has 4 nitrogen and oxygen atoms in total. The van der Waals surface area contributed by atoms with Crippen molar-refractivity contribution < 1.29 is 0 Å². The molecule has 0 saturated carbocycles. The van der Waals surface area contributed by atoms with Gasteiger partial charge in [-0.3, -0.25) is 9.36 Å². The van der Waals surface area contributed by atoms with Gasteiger partial charge in [0.05, 0.1) is 6.33 Å². The van der Waals surface area contributed by atoms with Crippen LogP contribution in [0.4, 0.5) is 0 Å². The minimum Gasteiger partial charge on any atom is -0.310 e. The summed E-state index contributed by atoms with van der Waals surface area (Å²) in [6.45, 7) is 4.03. The molecule has 0 aliphatic rings. The fourth-order valence-corrected chi connectivity index (χ4v) is 2.96. The summed E-state index contributed by atoms with van der Waals surface area (Å²) in [4.78, 5) is 17.0. The topological polar surface area (TPSA) is 46.9 Å². The van der Waals surface area contributed by atoms with Crippen LogP contribution in [0.2, 0.25) is 0 Å². The molecule has 0 amide bonds. The van der Waals surface area contributed by atoms with Crippen molar-refractivity contribution in [1.29, 1.82) is 0 Å². The zero-order chi connectivity index (χ0) is 13.0. The van der Waals surface area contributed by atoms with Crippen LogP contribution in [-0.4, -0.2) is 16.1 Å². The summed E-state index contributed by atoms with van der Waals surface area (Å²) in [5.41, 5.74) is 0.760. The third-order valence-corrected chi connectivity index (χ3v) is 4.16. The molecule has 0 bridgehead atoms. The average molecular weight is 328 g/mol. The highest BCUT2D eigenvalue weighted by Gasteiger charge is 1.99. The van der Waals surface area contributed by atoms with Crippen molar-refractivity contribution in [2.45, 2.75) is 20.0 Å². The van der Waals surface area contributed by atoms with E-state index in [4.69, 9.17) is 0 Å². The molecule has 6 heteroatoms. The molecule has 0 unspecified atom stereocenters. The van der Waals surface area contributed by atoms with E-state index in [0.29, 0.717) is 6.54 Å². The van der Waals surface area contributed by atoms with Crippen LogP contribution in [0.15, 0.2) is 33.1 Å². The van der Waals surface area contributed by atoms with E-state index in [2.05, 4.69) is 37.7 Å². The summed E-state index contributed by atoms with van der Waals surface area (Å²) in [6.07, 6.45) is 1.60. The fourth-order valence-electron chi connectivity index (χ4n) is 1.54. The average Bonchev–Trinajstić information content (AvgIpc) is 2.73. The second-order valence-electron chi connectivity index (χ2n) is 3.97. The number of thiophene rings is 1. The van der Waals surface area contributed by atoms with Crippen molar-refractivity contribution in [3.63, 3.8) is 0 Å². The summed E-state index contributed by atoms with van der Waals surface area (Å²) in [5.74, 6) is 0. The third kappa shape index (κ3) is 3.76. The zero-order valence-corrected chi connectivity index (χ0v) is 12.4. The number of nitrogens with one attached hydrogen (secondary N) is 1. The second kappa shape index (κ2) is 6.26. The van der Waals surface area contributed by atoms with Crippen molar-refractivity contribution in [1.82, 2.24) is 14.9 Å². The molecule has 0 aromatic carbocycles. The largest absolute Gasteiger partial charge is 0.310 e. The molecule has 0 aliphatic heterocycles. The van der Waals surface area contributed by atoms with E-state index in [1.807, 2.05) is 6.92 Å². The van der Waals surface area contributed by atoms with Crippen LogP contribution in [0.25, 0.3) is 0 Å². The quantitative estimate of drug-likeness (QED) is 0.856. The number of rotatable bonds is 5. The van der Waals surface area contributed by atoms with Crippen LogP contribution in [0, 0.1) is 6.92 Å². The van der Waals surface area contributed by atoms with Gasteiger partial charge in [0, 0.05) is 46.1 Å². The lowest BCUT2D eigenvalue weighted by atomic mass is 10.4. The van der Waals surface area contributed by atoms with E-state index in [-0.39, 0.29) is 5.56 Å². The highest BCUT2D eigenvalue weighted by Crippen LogP contribution is 2.19. The van der Waals surface area contributed by atoms with E-state index in [9.17, 15) is 4.79 Å². The van der Waals surface area contributed by atoms with Gasteiger partial charge in [0.25, 0.3) is 5.56 Å². The molecule has 18 heavy (non-hydrogen) atoms. The molecule has 96 valence electrons. The highest BCUT2D eigenvalue weighted by atomic mass is 79.9. The molecule has 0 atom stereocenters. The van der Waals surface area contributed by atoms with Crippen molar-refractivity contribution in [3.8, 4) is 0 Å². The number of hydrogen-bond donors (Lipinski definition) is 1. The molecule has 0 spiro atoms. The Bertz CT molecular complexity index is 579. The first-order chi connectivity index (χ1) is 8.65. The third-order valence-electron chi connectivity index (χ3n) is 2.47. The normalized spacial score (nSPS) is 10.8. The van der Waals surface area contributed by atoms with Gasteiger partial charge < -0.3 is 5.32 Å². The van der Waals surface area contributed by atoms with Gasteiger partial charge in [0.1, 0.15) is 0 Å². The molecule has 2 aromatic rings. The molecule has 2 heterocycles. The van der Waals surface area contributed by atoms with E-state index in [1.165, 1.54) is 4.88 Å². The second-order valence-corrected chi connectivity index (χ2v) is 5.88. The summed E-state index contributed by atoms with van der Waals surface area (Å²) >= 11 is 5.13. The first-order valence-corrected chi connectivity index (χ1v) is 7.29. The SMILES string of the molecule is Cc1cc(=O)n(CCNCc2cc(Br)cs2)cn1. The zero-order valence-electron chi connectivity index (χ0n) is 10.0. The monoisotopic (exact) mass is 327 g/mol. The van der Waals surface area contributed by atoms with Crippen molar-refractivity contribution >= 4 is 27.3 Å². The van der Waals surface area contributed by atoms with Crippen LogP contribution in [0.5, 0.6) is 0 Å². The Kier molecular flexibility index (Phi) is 4.68. The number of aromatic nitrogens is 2. The van der Waals surface area contributed by atoms with Gasteiger partial charge >= 0.3 is 0 Å². The van der Waals surface area contributed by atoms with Gasteiger partial charge in [0.2, 0.25) is 0 Å². The molecule has 0 saturated heterocycles. The van der Waals surface area contributed by atoms with Crippen molar-refractivity contribution in [2.75, 3.05) is 6.54 Å². The lowest BCUT2D eigenvalue weighted by molar-refractivity contribution is 0.579. The number of aryl methyl sites for hydroxylation is 1.